The molecule has 1 rings (SSSR count). The monoisotopic (exact) mass is 221 g/mol. The summed E-state index contributed by atoms with van der Waals surface area (Å²) in [5, 5.41) is 11.9. The molecule has 0 saturated heterocycles. The van der Waals surface area contributed by atoms with Gasteiger partial charge in [0.15, 0.2) is 0 Å². The molecule has 0 aromatic carbocycles. The summed E-state index contributed by atoms with van der Waals surface area (Å²) in [7, 11) is -2.85. The highest BCUT2D eigenvalue weighted by atomic mass is 32.2. The number of nitrogens with one attached hydrogen (secondary N) is 1. The normalized spacial score (nSPS) is 19.6. The molecule has 1 aliphatic rings. The third-order valence-electron chi connectivity index (χ3n) is 2.75. The van der Waals surface area contributed by atoms with Crippen molar-refractivity contribution < 1.29 is 13.5 Å². The molecule has 0 aromatic rings. The smallest absolute Gasteiger partial charge is 0.148 e. The fourth-order valence-electron chi connectivity index (χ4n) is 1.54. The van der Waals surface area contributed by atoms with Gasteiger partial charge >= 0.3 is 0 Å². The maximum atomic E-state index is 10.8. The lowest BCUT2D eigenvalue weighted by molar-refractivity contribution is 0.246. The zero-order chi connectivity index (χ0) is 10.7. The van der Waals surface area contributed by atoms with Crippen LogP contribution in [0.2, 0.25) is 0 Å². The van der Waals surface area contributed by atoms with Gasteiger partial charge in [0, 0.05) is 26.0 Å². The van der Waals surface area contributed by atoms with E-state index in [4.69, 9.17) is 5.11 Å². The minimum Gasteiger partial charge on any atom is -0.396 e. The molecule has 0 spiro atoms. The standard InChI is InChI=1S/C9H19NO3S/c1-14(12,13)7-5-10-8-9(2-3-9)4-6-11/h10-11H,2-8H2,1H3. The van der Waals surface area contributed by atoms with E-state index in [9.17, 15) is 8.42 Å². The van der Waals surface area contributed by atoms with Crippen molar-refractivity contribution in [1.29, 1.82) is 0 Å². The molecular formula is C9H19NO3S. The molecule has 0 atom stereocenters. The summed E-state index contributed by atoms with van der Waals surface area (Å²) in [6, 6.07) is 0. The van der Waals surface area contributed by atoms with Crippen LogP contribution in [-0.2, 0) is 9.84 Å². The fourth-order valence-corrected chi connectivity index (χ4v) is 2.06. The van der Waals surface area contributed by atoms with Gasteiger partial charge in [0.1, 0.15) is 9.84 Å². The molecule has 0 heterocycles. The topological polar surface area (TPSA) is 66.4 Å². The van der Waals surface area contributed by atoms with Crippen molar-refractivity contribution >= 4 is 9.84 Å². The minimum absolute atomic E-state index is 0.197. The molecule has 0 amide bonds. The molecule has 84 valence electrons. The maximum absolute atomic E-state index is 10.8. The Hall–Kier alpha value is -0.130. The van der Waals surface area contributed by atoms with E-state index >= 15 is 0 Å². The van der Waals surface area contributed by atoms with Gasteiger partial charge in [0.05, 0.1) is 5.75 Å². The summed E-state index contributed by atoms with van der Waals surface area (Å²) in [6.45, 7) is 1.59. The van der Waals surface area contributed by atoms with Crippen molar-refractivity contribution in [2.24, 2.45) is 5.41 Å². The van der Waals surface area contributed by atoms with Crippen LogP contribution >= 0.6 is 0 Å². The Bertz CT molecular complexity index is 270. The Morgan fingerprint density at radius 3 is 2.50 bits per heavy atom. The Balaban J connectivity index is 2.10. The van der Waals surface area contributed by atoms with Crippen LogP contribution in [0.3, 0.4) is 0 Å². The molecule has 0 unspecified atom stereocenters. The van der Waals surface area contributed by atoms with Crippen molar-refractivity contribution in [1.82, 2.24) is 5.32 Å². The van der Waals surface area contributed by atoms with Crippen molar-refractivity contribution in [2.75, 3.05) is 31.7 Å². The zero-order valence-electron chi connectivity index (χ0n) is 8.62. The van der Waals surface area contributed by atoms with Crippen LogP contribution in [0.15, 0.2) is 0 Å². The van der Waals surface area contributed by atoms with Gasteiger partial charge in [-0.3, -0.25) is 0 Å². The van der Waals surface area contributed by atoms with E-state index < -0.39 is 9.84 Å². The number of hydrogen-bond donors (Lipinski definition) is 2. The van der Waals surface area contributed by atoms with E-state index in [0.29, 0.717) is 6.54 Å². The maximum Gasteiger partial charge on any atom is 0.148 e. The first kappa shape index (κ1) is 11.9. The predicted octanol–water partition coefficient (Wildman–Crippen LogP) is -0.217. The Labute approximate surface area is 85.6 Å². The second kappa shape index (κ2) is 4.59. The van der Waals surface area contributed by atoms with E-state index in [-0.39, 0.29) is 17.8 Å². The first-order valence-electron chi connectivity index (χ1n) is 4.97. The van der Waals surface area contributed by atoms with Gasteiger partial charge in [0.2, 0.25) is 0 Å². The Morgan fingerprint density at radius 2 is 2.07 bits per heavy atom. The summed E-state index contributed by atoms with van der Waals surface area (Å²) in [5.41, 5.74) is 0.270. The summed E-state index contributed by atoms with van der Waals surface area (Å²) < 4.78 is 21.6. The van der Waals surface area contributed by atoms with Gasteiger partial charge in [0.25, 0.3) is 0 Å². The average Bonchev–Trinajstić information content (AvgIpc) is 2.79. The number of aliphatic hydroxyl groups is 1. The summed E-state index contributed by atoms with van der Waals surface area (Å²) in [5.74, 6) is 0.197. The number of rotatable bonds is 7. The zero-order valence-corrected chi connectivity index (χ0v) is 9.44. The Morgan fingerprint density at radius 1 is 1.43 bits per heavy atom. The summed E-state index contributed by atoms with van der Waals surface area (Å²) in [4.78, 5) is 0. The number of hydrogen-bond acceptors (Lipinski definition) is 4. The van der Waals surface area contributed by atoms with E-state index in [0.717, 1.165) is 25.8 Å². The van der Waals surface area contributed by atoms with Crippen molar-refractivity contribution in [3.05, 3.63) is 0 Å². The molecule has 0 radical (unpaired) electrons. The van der Waals surface area contributed by atoms with Crippen LogP contribution < -0.4 is 5.32 Å². The van der Waals surface area contributed by atoms with Crippen molar-refractivity contribution in [3.63, 3.8) is 0 Å². The average molecular weight is 221 g/mol. The summed E-state index contributed by atoms with van der Waals surface area (Å²) in [6.07, 6.45) is 4.38. The first-order chi connectivity index (χ1) is 6.47. The predicted molar refractivity (Wildman–Crippen MR) is 56.0 cm³/mol. The lowest BCUT2D eigenvalue weighted by atomic mass is 10.0. The van der Waals surface area contributed by atoms with E-state index in [1.54, 1.807) is 0 Å². The molecule has 0 aliphatic heterocycles. The van der Waals surface area contributed by atoms with E-state index in [2.05, 4.69) is 5.32 Å². The lowest BCUT2D eigenvalue weighted by Gasteiger charge is -2.13. The molecule has 1 fully saturated rings. The number of aliphatic hydroxyl groups excluding tert-OH is 1. The lowest BCUT2D eigenvalue weighted by Crippen LogP contribution is -2.29. The second-order valence-corrected chi connectivity index (χ2v) is 6.54. The molecule has 1 saturated carbocycles. The minimum atomic E-state index is -2.85. The van der Waals surface area contributed by atoms with Crippen LogP contribution in [0.25, 0.3) is 0 Å². The SMILES string of the molecule is CS(=O)(=O)CCNCC1(CCO)CC1. The highest BCUT2D eigenvalue weighted by Gasteiger charge is 2.41. The molecule has 0 bridgehead atoms. The van der Waals surface area contributed by atoms with Gasteiger partial charge in [-0.25, -0.2) is 8.42 Å². The molecule has 2 N–H and O–H groups in total. The third kappa shape index (κ3) is 4.39. The third-order valence-corrected chi connectivity index (χ3v) is 3.69. The van der Waals surface area contributed by atoms with Crippen LogP contribution in [0, 0.1) is 5.41 Å². The summed E-state index contributed by atoms with van der Waals surface area (Å²) >= 11 is 0. The highest BCUT2D eigenvalue weighted by molar-refractivity contribution is 7.90. The van der Waals surface area contributed by atoms with E-state index in [1.165, 1.54) is 6.26 Å². The molecule has 5 heteroatoms. The molecule has 4 nitrogen and oxygen atoms in total. The van der Waals surface area contributed by atoms with Crippen LogP contribution in [0.1, 0.15) is 19.3 Å². The van der Waals surface area contributed by atoms with Crippen molar-refractivity contribution in [2.45, 2.75) is 19.3 Å². The molecule has 14 heavy (non-hydrogen) atoms. The largest absolute Gasteiger partial charge is 0.396 e. The van der Waals surface area contributed by atoms with Gasteiger partial charge < -0.3 is 10.4 Å². The molecule has 0 aromatic heterocycles. The van der Waals surface area contributed by atoms with Crippen LogP contribution in [0.5, 0.6) is 0 Å². The van der Waals surface area contributed by atoms with E-state index in [1.807, 2.05) is 0 Å². The quantitative estimate of drug-likeness (QED) is 0.583. The number of sulfone groups is 1. The van der Waals surface area contributed by atoms with Crippen LogP contribution in [-0.4, -0.2) is 45.2 Å². The Kier molecular flexibility index (Phi) is 3.92. The van der Waals surface area contributed by atoms with Gasteiger partial charge in [-0.05, 0) is 24.7 Å². The van der Waals surface area contributed by atoms with Crippen LogP contribution in [0.4, 0.5) is 0 Å². The highest BCUT2D eigenvalue weighted by Crippen LogP contribution is 2.47. The molecular weight excluding hydrogens is 202 g/mol. The molecule has 1 aliphatic carbocycles. The first-order valence-corrected chi connectivity index (χ1v) is 7.03. The van der Waals surface area contributed by atoms with Gasteiger partial charge in [-0.1, -0.05) is 0 Å². The van der Waals surface area contributed by atoms with Gasteiger partial charge in [-0.2, -0.15) is 0 Å². The second-order valence-electron chi connectivity index (χ2n) is 4.28. The van der Waals surface area contributed by atoms with Gasteiger partial charge in [-0.15, -0.1) is 0 Å². The fraction of sp³-hybridized carbons (Fsp3) is 1.00. The van der Waals surface area contributed by atoms with Crippen molar-refractivity contribution in [3.8, 4) is 0 Å².